The minimum Gasteiger partial charge on any atom is -0.292 e. The van der Waals surface area contributed by atoms with Crippen LogP contribution in [0.15, 0.2) is 249 Å². The molecule has 0 atom stereocenters. The zero-order valence-corrected chi connectivity index (χ0v) is 38.5. The lowest BCUT2D eigenvalue weighted by Crippen LogP contribution is -1.97. The summed E-state index contributed by atoms with van der Waals surface area (Å²) in [7, 11) is 0. The molecule has 2 heterocycles. The second kappa shape index (κ2) is 15.5. The molecule has 0 bridgehead atoms. The lowest BCUT2D eigenvalue weighted by atomic mass is 9.88. The van der Waals surface area contributed by atoms with Gasteiger partial charge in [-0.15, -0.1) is 0 Å². The summed E-state index contributed by atoms with van der Waals surface area (Å²) in [6.45, 7) is 0. The Labute approximate surface area is 409 Å². The van der Waals surface area contributed by atoms with Crippen LogP contribution in [0.1, 0.15) is 0 Å². The van der Waals surface area contributed by atoms with Crippen LogP contribution >= 0.6 is 0 Å². The van der Waals surface area contributed by atoms with Gasteiger partial charge in [-0.05, 0) is 141 Å². The van der Waals surface area contributed by atoms with Crippen LogP contribution in [0.4, 0.5) is 0 Å². The number of rotatable bonds is 5. The molecule has 0 aliphatic rings. The van der Waals surface area contributed by atoms with E-state index in [-0.39, 0.29) is 0 Å². The minimum atomic E-state index is 0.907. The first-order valence-corrected chi connectivity index (χ1v) is 24.4. The summed E-state index contributed by atoms with van der Waals surface area (Å²) < 4.78 is 2.27. The number of aromatic nitrogens is 3. The maximum absolute atomic E-state index is 5.69. The summed E-state index contributed by atoms with van der Waals surface area (Å²) in [5.74, 6) is 0.907. The molecule has 0 amide bonds. The van der Waals surface area contributed by atoms with Crippen molar-refractivity contribution in [3.63, 3.8) is 0 Å². The summed E-state index contributed by atoms with van der Waals surface area (Å²) in [5.41, 5.74) is 11.7. The number of nitrogens with zero attached hydrogens (tertiary/aromatic N) is 3. The van der Waals surface area contributed by atoms with Gasteiger partial charge >= 0.3 is 0 Å². The van der Waals surface area contributed by atoms with Crippen LogP contribution < -0.4 is 0 Å². The first-order valence-electron chi connectivity index (χ1n) is 24.4. The minimum absolute atomic E-state index is 0.907. The Morgan fingerprint density at radius 3 is 1.27 bits per heavy atom. The van der Waals surface area contributed by atoms with Crippen LogP contribution in [0.2, 0.25) is 0 Å². The van der Waals surface area contributed by atoms with Gasteiger partial charge in [-0.25, -0.2) is 9.97 Å². The Hall–Kier alpha value is -9.44. The number of para-hydroxylation sites is 3. The van der Waals surface area contributed by atoms with Crippen molar-refractivity contribution in [2.24, 2.45) is 0 Å². The summed E-state index contributed by atoms with van der Waals surface area (Å²) in [5, 5.41) is 18.5. The Morgan fingerprint density at radius 1 is 0.254 bits per heavy atom. The third-order valence-corrected chi connectivity index (χ3v) is 14.9. The van der Waals surface area contributed by atoms with Crippen LogP contribution in [0.3, 0.4) is 0 Å². The smallest absolute Gasteiger partial charge is 0.145 e. The molecular formula is C68H41N3. The van der Waals surface area contributed by atoms with Gasteiger partial charge in [-0.2, -0.15) is 0 Å². The molecule has 0 aliphatic heterocycles. The van der Waals surface area contributed by atoms with Crippen LogP contribution in [-0.2, 0) is 0 Å². The number of pyridine rings is 1. The number of imidazole rings is 1. The number of benzene rings is 13. The van der Waals surface area contributed by atoms with Gasteiger partial charge in [0, 0.05) is 27.6 Å². The van der Waals surface area contributed by atoms with E-state index in [9.17, 15) is 0 Å². The molecule has 3 nitrogen and oxygen atoms in total. The van der Waals surface area contributed by atoms with Gasteiger partial charge in [0.2, 0.25) is 0 Å². The molecule has 15 rings (SSSR count). The van der Waals surface area contributed by atoms with Gasteiger partial charge in [0.15, 0.2) is 0 Å². The second-order valence-electron chi connectivity index (χ2n) is 18.8. The first kappa shape index (κ1) is 39.5. The zero-order valence-electron chi connectivity index (χ0n) is 38.5. The molecule has 15 aromatic rings. The number of fused-ring (bicyclic) bond motifs is 16. The van der Waals surface area contributed by atoms with Crippen molar-refractivity contribution in [1.82, 2.24) is 14.5 Å². The highest BCUT2D eigenvalue weighted by Crippen LogP contribution is 2.44. The summed E-state index contributed by atoms with van der Waals surface area (Å²) in [6.07, 6.45) is 0. The molecule has 0 unspecified atom stereocenters. The topological polar surface area (TPSA) is 30.7 Å². The van der Waals surface area contributed by atoms with Gasteiger partial charge in [0.05, 0.1) is 22.2 Å². The Kier molecular flexibility index (Phi) is 8.66. The van der Waals surface area contributed by atoms with E-state index >= 15 is 0 Å². The highest BCUT2D eigenvalue weighted by molar-refractivity contribution is 6.27. The molecule has 0 saturated carbocycles. The standard InChI is InChI=1S/C68H41N3/c1-2-16-46(17-3-1)71-66-29-15-14-28-64(66)70-68(71)43-32-30-42(31-33-43)60-41-65(45-35-37-57-52-23-7-5-19-48(52)50-21-9-11-25-54(50)62(57)39-45)69-67-58-27-13-12-26-55(58)59(40-63(60)67)44-34-36-56-51-22-6-4-18-47(51)49-20-8-10-24-53(49)61(56)38-44/h1-41H. The number of hydrogen-bond donors (Lipinski definition) is 0. The van der Waals surface area contributed by atoms with Gasteiger partial charge in [0.25, 0.3) is 0 Å². The SMILES string of the molecule is c1ccc(-n2c(-c3ccc(-c4cc(-c5ccc6c7ccccc7c7ccccc7c6c5)nc5c4cc(-c4ccc6c7ccccc7c7ccccc7c6c4)c4ccccc45)cc3)nc3ccccc32)cc1. The van der Waals surface area contributed by atoms with Crippen molar-refractivity contribution in [2.75, 3.05) is 0 Å². The third kappa shape index (κ3) is 6.10. The molecule has 71 heavy (non-hydrogen) atoms. The fourth-order valence-electron chi connectivity index (χ4n) is 11.7. The number of hydrogen-bond acceptors (Lipinski definition) is 2. The largest absolute Gasteiger partial charge is 0.292 e. The lowest BCUT2D eigenvalue weighted by molar-refractivity contribution is 1.10. The van der Waals surface area contributed by atoms with Gasteiger partial charge < -0.3 is 0 Å². The molecule has 0 radical (unpaired) electrons. The monoisotopic (exact) mass is 899 g/mol. The quantitative estimate of drug-likeness (QED) is 0.161. The van der Waals surface area contributed by atoms with Gasteiger partial charge in [-0.3, -0.25) is 4.57 Å². The fraction of sp³-hybridized carbons (Fsp3) is 0. The van der Waals surface area contributed by atoms with E-state index in [1.807, 2.05) is 0 Å². The molecule has 0 saturated heterocycles. The van der Waals surface area contributed by atoms with E-state index in [1.54, 1.807) is 0 Å². The predicted molar refractivity (Wildman–Crippen MR) is 301 cm³/mol. The van der Waals surface area contributed by atoms with Crippen molar-refractivity contribution in [3.05, 3.63) is 249 Å². The maximum atomic E-state index is 5.69. The van der Waals surface area contributed by atoms with Crippen LogP contribution in [-0.4, -0.2) is 14.5 Å². The Morgan fingerprint density at radius 2 is 0.676 bits per heavy atom. The predicted octanol–water partition coefficient (Wildman–Crippen LogP) is 18.3. The summed E-state index contributed by atoms with van der Waals surface area (Å²) in [6, 6.07) is 90.7. The Balaban J connectivity index is 0.982. The van der Waals surface area contributed by atoms with Gasteiger partial charge in [0.1, 0.15) is 5.82 Å². The normalized spacial score (nSPS) is 11.9. The van der Waals surface area contributed by atoms with Gasteiger partial charge in [-0.1, -0.05) is 200 Å². The van der Waals surface area contributed by atoms with E-state index in [2.05, 4.69) is 253 Å². The average Bonchev–Trinajstić information content (AvgIpc) is 3.85. The van der Waals surface area contributed by atoms with E-state index in [1.165, 1.54) is 81.1 Å². The van der Waals surface area contributed by atoms with Crippen LogP contribution in [0.25, 0.3) is 148 Å². The molecule has 13 aromatic carbocycles. The molecule has 328 valence electrons. The highest BCUT2D eigenvalue weighted by atomic mass is 15.1. The van der Waals surface area contributed by atoms with E-state index in [0.29, 0.717) is 0 Å². The van der Waals surface area contributed by atoms with E-state index in [0.717, 1.165) is 66.8 Å². The van der Waals surface area contributed by atoms with Crippen LogP contribution in [0, 0.1) is 0 Å². The van der Waals surface area contributed by atoms with Crippen molar-refractivity contribution in [3.8, 4) is 50.6 Å². The highest BCUT2D eigenvalue weighted by Gasteiger charge is 2.20. The molecule has 3 heteroatoms. The second-order valence-corrected chi connectivity index (χ2v) is 18.8. The van der Waals surface area contributed by atoms with Crippen molar-refractivity contribution in [2.45, 2.75) is 0 Å². The maximum Gasteiger partial charge on any atom is 0.145 e. The van der Waals surface area contributed by atoms with Crippen molar-refractivity contribution in [1.29, 1.82) is 0 Å². The Bertz CT molecular complexity index is 4610. The van der Waals surface area contributed by atoms with Crippen molar-refractivity contribution >= 4 is 97.3 Å². The summed E-state index contributed by atoms with van der Waals surface area (Å²) in [4.78, 5) is 10.9. The lowest BCUT2D eigenvalue weighted by Gasteiger charge is -2.17. The molecule has 0 fully saturated rings. The molecule has 0 N–H and O–H groups in total. The fourth-order valence-corrected chi connectivity index (χ4v) is 11.7. The first-order chi connectivity index (χ1) is 35.2. The molecular weight excluding hydrogens is 859 g/mol. The zero-order chi connectivity index (χ0) is 46.6. The summed E-state index contributed by atoms with van der Waals surface area (Å²) >= 11 is 0. The average molecular weight is 900 g/mol. The third-order valence-electron chi connectivity index (χ3n) is 14.9. The van der Waals surface area contributed by atoms with E-state index in [4.69, 9.17) is 9.97 Å². The molecule has 0 aliphatic carbocycles. The van der Waals surface area contributed by atoms with Crippen molar-refractivity contribution < 1.29 is 0 Å². The van der Waals surface area contributed by atoms with E-state index < -0.39 is 0 Å². The molecule has 0 spiro atoms. The molecule has 2 aromatic heterocycles. The van der Waals surface area contributed by atoms with Crippen LogP contribution in [0.5, 0.6) is 0 Å².